The molecule has 0 spiro atoms. The van der Waals surface area contributed by atoms with Gasteiger partial charge in [-0.1, -0.05) is 23.7 Å². The van der Waals surface area contributed by atoms with Crippen LogP contribution in [0.5, 0.6) is 0 Å². The van der Waals surface area contributed by atoms with Gasteiger partial charge in [0.2, 0.25) is 5.91 Å². The van der Waals surface area contributed by atoms with Crippen molar-refractivity contribution >= 4 is 40.2 Å². The normalized spacial score (nSPS) is 13.3. The van der Waals surface area contributed by atoms with Gasteiger partial charge in [0.25, 0.3) is 0 Å². The Morgan fingerprint density at radius 1 is 1.14 bits per heavy atom. The topological polar surface area (TPSA) is 32.3 Å². The molecule has 144 valence electrons. The number of halogens is 1. The molecule has 2 heterocycles. The number of hydrogen-bond donors (Lipinski definition) is 1. The first-order chi connectivity index (χ1) is 13.5. The molecule has 3 nitrogen and oxygen atoms in total. The van der Waals surface area contributed by atoms with E-state index in [0.29, 0.717) is 11.4 Å². The van der Waals surface area contributed by atoms with Gasteiger partial charge >= 0.3 is 0 Å². The van der Waals surface area contributed by atoms with Crippen LogP contribution < -0.4 is 10.2 Å². The number of nitrogens with zero attached hydrogens (tertiary/aromatic N) is 1. The maximum Gasteiger partial charge on any atom is 0.228 e. The van der Waals surface area contributed by atoms with E-state index in [2.05, 4.69) is 47.6 Å². The molecule has 0 aliphatic carbocycles. The lowest BCUT2D eigenvalue weighted by Crippen LogP contribution is -2.29. The lowest BCUT2D eigenvalue weighted by molar-refractivity contribution is -0.115. The minimum atomic E-state index is -0.0119. The van der Waals surface area contributed by atoms with E-state index in [-0.39, 0.29) is 5.91 Å². The number of fused-ring (bicyclic) bond motifs is 1. The van der Waals surface area contributed by atoms with Crippen LogP contribution >= 0.6 is 22.9 Å². The summed E-state index contributed by atoms with van der Waals surface area (Å²) in [6.45, 7) is 6.12. The van der Waals surface area contributed by atoms with Crippen LogP contribution in [0.25, 0.3) is 0 Å². The van der Waals surface area contributed by atoms with Crippen molar-refractivity contribution in [1.29, 1.82) is 0 Å². The molecule has 2 aromatic carbocycles. The van der Waals surface area contributed by atoms with E-state index in [9.17, 15) is 4.79 Å². The van der Waals surface area contributed by atoms with Crippen molar-refractivity contribution in [3.05, 3.63) is 80.0 Å². The van der Waals surface area contributed by atoms with Crippen LogP contribution in [0.3, 0.4) is 0 Å². The highest BCUT2D eigenvalue weighted by atomic mass is 35.5. The van der Waals surface area contributed by atoms with Crippen LogP contribution in [0.1, 0.15) is 27.1 Å². The highest BCUT2D eigenvalue weighted by Crippen LogP contribution is 2.32. The van der Waals surface area contributed by atoms with Crippen LogP contribution in [0.4, 0.5) is 11.4 Å². The molecule has 0 saturated heterocycles. The van der Waals surface area contributed by atoms with Crippen molar-refractivity contribution in [1.82, 2.24) is 0 Å². The molecule has 1 aliphatic heterocycles. The summed E-state index contributed by atoms with van der Waals surface area (Å²) in [6, 6.07) is 14.0. The van der Waals surface area contributed by atoms with Crippen LogP contribution in [0.15, 0.2) is 47.8 Å². The summed E-state index contributed by atoms with van der Waals surface area (Å²) in [6.07, 6.45) is 1.44. The van der Waals surface area contributed by atoms with Crippen molar-refractivity contribution in [3.8, 4) is 0 Å². The van der Waals surface area contributed by atoms with E-state index in [4.69, 9.17) is 11.6 Å². The zero-order valence-corrected chi connectivity index (χ0v) is 17.7. The smallest absolute Gasteiger partial charge is 0.228 e. The lowest BCUT2D eigenvalue weighted by Gasteiger charge is -2.30. The molecule has 0 saturated carbocycles. The molecular weight excluding hydrogens is 388 g/mol. The highest BCUT2D eigenvalue weighted by Gasteiger charge is 2.19. The van der Waals surface area contributed by atoms with Gasteiger partial charge in [0.15, 0.2) is 0 Å². The summed E-state index contributed by atoms with van der Waals surface area (Å²) in [5.41, 5.74) is 6.71. The molecule has 1 aliphatic rings. The van der Waals surface area contributed by atoms with Crippen molar-refractivity contribution in [2.75, 3.05) is 16.8 Å². The predicted molar refractivity (Wildman–Crippen MR) is 119 cm³/mol. The Labute approximate surface area is 175 Å². The lowest BCUT2D eigenvalue weighted by atomic mass is 10.0. The van der Waals surface area contributed by atoms with E-state index in [1.165, 1.54) is 16.1 Å². The number of carbonyl (C=O) groups excluding carboxylic acids is 1. The first-order valence-corrected chi connectivity index (χ1v) is 10.7. The van der Waals surface area contributed by atoms with Gasteiger partial charge in [-0.25, -0.2) is 0 Å². The average molecular weight is 411 g/mol. The van der Waals surface area contributed by atoms with E-state index >= 15 is 0 Å². The minimum absolute atomic E-state index is 0.0119. The SMILES string of the molecule is Cc1cc(N2CCc3sccc3C2)cc(C)c1NC(=O)Cc1ccc(Cl)cc1. The number of amides is 1. The first-order valence-electron chi connectivity index (χ1n) is 9.45. The second-order valence-corrected chi connectivity index (χ2v) is 8.78. The Morgan fingerprint density at radius 2 is 1.86 bits per heavy atom. The summed E-state index contributed by atoms with van der Waals surface area (Å²) in [7, 11) is 0. The molecule has 3 aromatic rings. The molecule has 1 amide bonds. The summed E-state index contributed by atoms with van der Waals surface area (Å²) < 4.78 is 0. The Kier molecular flexibility index (Phi) is 5.42. The third-order valence-electron chi connectivity index (χ3n) is 5.23. The Hall–Kier alpha value is -2.30. The maximum absolute atomic E-state index is 12.5. The van der Waals surface area contributed by atoms with Crippen LogP contribution in [-0.4, -0.2) is 12.5 Å². The third kappa shape index (κ3) is 4.08. The Morgan fingerprint density at radius 3 is 2.57 bits per heavy atom. The van der Waals surface area contributed by atoms with E-state index in [1.807, 2.05) is 35.6 Å². The molecule has 0 fully saturated rings. The number of aryl methyl sites for hydroxylation is 2. The molecule has 1 aromatic heterocycles. The van der Waals surface area contributed by atoms with Gasteiger partial charge in [-0.2, -0.15) is 0 Å². The van der Waals surface area contributed by atoms with Gasteiger partial charge < -0.3 is 10.2 Å². The summed E-state index contributed by atoms with van der Waals surface area (Å²) in [5.74, 6) is -0.0119. The molecule has 0 atom stereocenters. The fourth-order valence-corrected chi connectivity index (χ4v) is 4.78. The van der Waals surface area contributed by atoms with Crippen molar-refractivity contribution in [2.24, 2.45) is 0 Å². The number of benzene rings is 2. The van der Waals surface area contributed by atoms with Crippen molar-refractivity contribution < 1.29 is 4.79 Å². The molecule has 28 heavy (non-hydrogen) atoms. The standard InChI is InChI=1S/C23H23ClN2OS/c1-15-11-20(26-9-7-21-18(14-26)8-10-28-21)12-16(2)23(15)25-22(27)13-17-3-5-19(24)6-4-17/h3-6,8,10-12H,7,9,13-14H2,1-2H3,(H,25,27). The Balaban J connectivity index is 1.48. The second-order valence-electron chi connectivity index (χ2n) is 7.35. The average Bonchev–Trinajstić information content (AvgIpc) is 3.14. The zero-order valence-electron chi connectivity index (χ0n) is 16.1. The Bertz CT molecular complexity index is 987. The molecule has 0 bridgehead atoms. The first kappa shape index (κ1) is 19.0. The van der Waals surface area contributed by atoms with E-state index in [0.717, 1.165) is 41.9 Å². The quantitative estimate of drug-likeness (QED) is 0.592. The molecular formula is C23H23ClN2OS. The number of rotatable bonds is 4. The zero-order chi connectivity index (χ0) is 19.7. The molecule has 0 radical (unpaired) electrons. The minimum Gasteiger partial charge on any atom is -0.367 e. The molecule has 1 N–H and O–H groups in total. The summed E-state index contributed by atoms with van der Waals surface area (Å²) in [4.78, 5) is 16.4. The van der Waals surface area contributed by atoms with Gasteiger partial charge in [-0.15, -0.1) is 11.3 Å². The van der Waals surface area contributed by atoms with Gasteiger partial charge in [-0.05, 0) is 78.2 Å². The number of hydrogen-bond acceptors (Lipinski definition) is 3. The third-order valence-corrected chi connectivity index (χ3v) is 6.51. The maximum atomic E-state index is 12.5. The summed E-state index contributed by atoms with van der Waals surface area (Å²) >= 11 is 7.77. The van der Waals surface area contributed by atoms with E-state index < -0.39 is 0 Å². The van der Waals surface area contributed by atoms with Crippen LogP contribution in [0, 0.1) is 13.8 Å². The van der Waals surface area contributed by atoms with Gasteiger partial charge in [0.1, 0.15) is 0 Å². The summed E-state index contributed by atoms with van der Waals surface area (Å²) in [5, 5.41) is 5.96. The fourth-order valence-electron chi connectivity index (χ4n) is 3.76. The monoisotopic (exact) mass is 410 g/mol. The molecule has 0 unspecified atom stereocenters. The van der Waals surface area contributed by atoms with E-state index in [1.54, 1.807) is 0 Å². The van der Waals surface area contributed by atoms with Crippen LogP contribution in [-0.2, 0) is 24.2 Å². The molecule has 4 rings (SSSR count). The second kappa shape index (κ2) is 7.98. The van der Waals surface area contributed by atoms with Gasteiger partial charge in [0.05, 0.1) is 6.42 Å². The van der Waals surface area contributed by atoms with Gasteiger partial charge in [-0.3, -0.25) is 4.79 Å². The number of carbonyl (C=O) groups is 1. The number of thiophene rings is 1. The molecule has 5 heteroatoms. The van der Waals surface area contributed by atoms with Crippen LogP contribution in [0.2, 0.25) is 5.02 Å². The fraction of sp³-hybridized carbons (Fsp3) is 0.261. The van der Waals surface area contributed by atoms with Crippen molar-refractivity contribution in [2.45, 2.75) is 33.2 Å². The predicted octanol–water partition coefficient (Wildman–Crippen LogP) is 5.76. The van der Waals surface area contributed by atoms with Gasteiger partial charge in [0, 0.05) is 34.4 Å². The highest BCUT2D eigenvalue weighted by molar-refractivity contribution is 7.10. The largest absolute Gasteiger partial charge is 0.367 e. The number of nitrogens with one attached hydrogen (secondary N) is 1. The van der Waals surface area contributed by atoms with Crippen molar-refractivity contribution in [3.63, 3.8) is 0 Å². The number of anilines is 2.